The van der Waals surface area contributed by atoms with E-state index in [9.17, 15) is 8.42 Å². The van der Waals surface area contributed by atoms with E-state index in [1.165, 1.54) is 0 Å². The Hall–Kier alpha value is -1.06. The number of halogens is 1. The molecular formula is C12H13BrN2O2S. The Morgan fingerprint density at radius 2 is 2.17 bits per heavy atom. The zero-order valence-corrected chi connectivity index (χ0v) is 12.5. The van der Waals surface area contributed by atoms with Crippen molar-refractivity contribution in [1.29, 1.82) is 5.26 Å². The summed E-state index contributed by atoms with van der Waals surface area (Å²) in [6, 6.07) is 6.98. The summed E-state index contributed by atoms with van der Waals surface area (Å²) in [5, 5.41) is 8.14. The number of benzene rings is 1. The Labute approximate surface area is 115 Å². The van der Waals surface area contributed by atoms with Crippen LogP contribution in [0.4, 0.5) is 5.69 Å². The number of nitriles is 1. The summed E-state index contributed by atoms with van der Waals surface area (Å²) < 4.78 is 25.7. The van der Waals surface area contributed by atoms with Crippen molar-refractivity contribution >= 4 is 31.5 Å². The van der Waals surface area contributed by atoms with Crippen molar-refractivity contribution in [3.63, 3.8) is 0 Å². The molecule has 96 valence electrons. The molecule has 0 saturated heterocycles. The molecule has 2 unspecified atom stereocenters. The minimum Gasteiger partial charge on any atom is -0.369 e. The maximum atomic E-state index is 12.5. The lowest BCUT2D eigenvalue weighted by molar-refractivity contribution is 0.539. The minimum absolute atomic E-state index is 0.0137. The maximum absolute atomic E-state index is 12.5. The van der Waals surface area contributed by atoms with Crippen molar-refractivity contribution in [2.45, 2.75) is 29.5 Å². The Kier molecular flexibility index (Phi) is 3.39. The van der Waals surface area contributed by atoms with Gasteiger partial charge in [-0.2, -0.15) is 5.26 Å². The Bertz CT molecular complexity index is 621. The van der Waals surface area contributed by atoms with Crippen LogP contribution in [0.15, 0.2) is 27.6 Å². The maximum Gasteiger partial charge on any atom is 0.186 e. The van der Waals surface area contributed by atoms with Gasteiger partial charge in [-0.3, -0.25) is 0 Å². The van der Waals surface area contributed by atoms with Crippen LogP contribution in [0, 0.1) is 11.3 Å². The first kappa shape index (κ1) is 13.4. The molecule has 0 bridgehead atoms. The molecule has 0 aliphatic carbocycles. The van der Waals surface area contributed by atoms with Gasteiger partial charge in [0.05, 0.1) is 28.3 Å². The lowest BCUT2D eigenvalue weighted by atomic mass is 10.1. The Balaban J connectivity index is 2.68. The molecule has 0 saturated carbocycles. The van der Waals surface area contributed by atoms with Crippen LogP contribution in [0.25, 0.3) is 0 Å². The fourth-order valence-corrected chi connectivity index (χ4v) is 4.90. The van der Waals surface area contributed by atoms with Crippen LogP contribution in [0.5, 0.6) is 0 Å². The van der Waals surface area contributed by atoms with Crippen molar-refractivity contribution in [3.8, 4) is 6.07 Å². The average Bonchev–Trinajstić information content (AvgIpc) is 2.32. The minimum atomic E-state index is -3.44. The standard InChI is InChI=1S/C12H13BrN2O2S/c1-8-11(5-6-14)18(16,17)12-7-9(13)3-4-10(12)15(8)2/h3-4,7-8,11H,5H2,1-2H3. The van der Waals surface area contributed by atoms with Crippen molar-refractivity contribution in [1.82, 2.24) is 0 Å². The molecule has 1 aromatic carbocycles. The van der Waals surface area contributed by atoms with E-state index in [0.29, 0.717) is 10.6 Å². The van der Waals surface area contributed by atoms with Gasteiger partial charge in [0.15, 0.2) is 9.84 Å². The second-order valence-corrected chi connectivity index (χ2v) is 7.46. The normalized spacial score (nSPS) is 25.3. The highest BCUT2D eigenvalue weighted by molar-refractivity contribution is 9.10. The molecule has 4 nitrogen and oxygen atoms in total. The number of anilines is 1. The van der Waals surface area contributed by atoms with Crippen LogP contribution in [0.3, 0.4) is 0 Å². The smallest absolute Gasteiger partial charge is 0.186 e. The van der Waals surface area contributed by atoms with Crippen molar-refractivity contribution in [2.75, 3.05) is 11.9 Å². The quantitative estimate of drug-likeness (QED) is 0.793. The topological polar surface area (TPSA) is 61.2 Å². The molecular weight excluding hydrogens is 316 g/mol. The largest absolute Gasteiger partial charge is 0.369 e. The number of sulfone groups is 1. The highest BCUT2D eigenvalue weighted by Gasteiger charge is 2.41. The molecule has 2 rings (SSSR count). The molecule has 0 spiro atoms. The van der Waals surface area contributed by atoms with Crippen LogP contribution in [-0.2, 0) is 9.84 Å². The van der Waals surface area contributed by atoms with E-state index in [2.05, 4.69) is 15.9 Å². The van der Waals surface area contributed by atoms with Crippen LogP contribution >= 0.6 is 15.9 Å². The van der Waals surface area contributed by atoms with Gasteiger partial charge in [0.2, 0.25) is 0 Å². The molecule has 6 heteroatoms. The summed E-state index contributed by atoms with van der Waals surface area (Å²) in [6.45, 7) is 1.84. The average molecular weight is 329 g/mol. The summed E-state index contributed by atoms with van der Waals surface area (Å²) in [7, 11) is -1.59. The summed E-state index contributed by atoms with van der Waals surface area (Å²) in [6.07, 6.45) is 0.0137. The van der Waals surface area contributed by atoms with E-state index in [0.717, 1.165) is 4.47 Å². The SMILES string of the molecule is CC1C(CC#N)S(=O)(=O)c2cc(Br)ccc2N1C. The molecule has 1 heterocycles. The second-order valence-electron chi connectivity index (χ2n) is 4.41. The van der Waals surface area contributed by atoms with E-state index >= 15 is 0 Å². The summed E-state index contributed by atoms with van der Waals surface area (Å²) in [5.41, 5.74) is 0.694. The molecule has 0 aromatic heterocycles. The molecule has 0 N–H and O–H groups in total. The van der Waals surface area contributed by atoms with Crippen LogP contribution in [0.1, 0.15) is 13.3 Å². The van der Waals surface area contributed by atoms with Crippen LogP contribution in [0.2, 0.25) is 0 Å². The molecule has 1 aliphatic heterocycles. The fraction of sp³-hybridized carbons (Fsp3) is 0.417. The first-order valence-corrected chi connectivity index (χ1v) is 7.86. The summed E-state index contributed by atoms with van der Waals surface area (Å²) in [5.74, 6) is 0. The predicted molar refractivity (Wildman–Crippen MR) is 73.2 cm³/mol. The third kappa shape index (κ3) is 1.91. The van der Waals surface area contributed by atoms with E-state index in [1.54, 1.807) is 12.1 Å². The lowest BCUT2D eigenvalue weighted by Crippen LogP contribution is -2.47. The van der Waals surface area contributed by atoms with Gasteiger partial charge in [-0.15, -0.1) is 0 Å². The predicted octanol–water partition coefficient (Wildman–Crippen LogP) is 2.34. The van der Waals surface area contributed by atoms with Gasteiger partial charge in [0.1, 0.15) is 0 Å². The zero-order chi connectivity index (χ0) is 13.5. The third-order valence-corrected chi connectivity index (χ3v) is 6.24. The lowest BCUT2D eigenvalue weighted by Gasteiger charge is -2.38. The van der Waals surface area contributed by atoms with Gasteiger partial charge < -0.3 is 4.90 Å². The van der Waals surface area contributed by atoms with E-state index in [-0.39, 0.29) is 12.5 Å². The van der Waals surface area contributed by atoms with Crippen LogP contribution < -0.4 is 4.90 Å². The van der Waals surface area contributed by atoms with Gasteiger partial charge in [0, 0.05) is 17.6 Å². The number of fused-ring (bicyclic) bond motifs is 1. The molecule has 0 amide bonds. The first-order valence-electron chi connectivity index (χ1n) is 5.53. The molecule has 1 aliphatic rings. The van der Waals surface area contributed by atoms with Crippen molar-refractivity contribution < 1.29 is 8.42 Å². The monoisotopic (exact) mass is 328 g/mol. The van der Waals surface area contributed by atoms with Crippen molar-refractivity contribution in [2.24, 2.45) is 0 Å². The summed E-state index contributed by atoms with van der Waals surface area (Å²) >= 11 is 3.29. The first-order chi connectivity index (χ1) is 8.39. The molecule has 0 fully saturated rings. The third-order valence-electron chi connectivity index (χ3n) is 3.45. The second kappa shape index (κ2) is 4.56. The fourth-order valence-electron chi connectivity index (χ4n) is 2.27. The summed E-state index contributed by atoms with van der Waals surface area (Å²) in [4.78, 5) is 2.22. The number of nitrogens with zero attached hydrogens (tertiary/aromatic N) is 2. The number of rotatable bonds is 1. The van der Waals surface area contributed by atoms with Gasteiger partial charge in [-0.25, -0.2) is 8.42 Å². The van der Waals surface area contributed by atoms with Gasteiger partial charge >= 0.3 is 0 Å². The number of hydrogen-bond donors (Lipinski definition) is 0. The molecule has 18 heavy (non-hydrogen) atoms. The van der Waals surface area contributed by atoms with E-state index < -0.39 is 15.1 Å². The van der Waals surface area contributed by atoms with Gasteiger partial charge in [-0.05, 0) is 25.1 Å². The van der Waals surface area contributed by atoms with Gasteiger partial charge in [-0.1, -0.05) is 15.9 Å². The van der Waals surface area contributed by atoms with Crippen LogP contribution in [-0.4, -0.2) is 26.8 Å². The molecule has 1 aromatic rings. The van der Waals surface area contributed by atoms with Gasteiger partial charge in [0.25, 0.3) is 0 Å². The van der Waals surface area contributed by atoms with E-state index in [1.807, 2.05) is 31.0 Å². The molecule has 2 atom stereocenters. The Morgan fingerprint density at radius 1 is 1.50 bits per heavy atom. The molecule has 0 radical (unpaired) electrons. The Morgan fingerprint density at radius 3 is 2.78 bits per heavy atom. The zero-order valence-electron chi connectivity index (χ0n) is 10.1. The van der Waals surface area contributed by atoms with E-state index in [4.69, 9.17) is 5.26 Å². The highest BCUT2D eigenvalue weighted by Crippen LogP contribution is 2.38. The van der Waals surface area contributed by atoms with Crippen molar-refractivity contribution in [3.05, 3.63) is 22.7 Å². The number of hydrogen-bond acceptors (Lipinski definition) is 4. The highest BCUT2D eigenvalue weighted by atomic mass is 79.9.